The number of rotatable bonds is 10. The van der Waals surface area contributed by atoms with Gasteiger partial charge in [-0.05, 0) is 19.3 Å². The van der Waals surface area contributed by atoms with Crippen molar-refractivity contribution in [3.8, 4) is 0 Å². The summed E-state index contributed by atoms with van der Waals surface area (Å²) in [6.07, 6.45) is 9.11. The Morgan fingerprint density at radius 2 is 1.81 bits per heavy atom. The number of likely N-dealkylation sites (N-methyl/N-ethyl adjacent to an activating group) is 1. The molecule has 0 aromatic heterocycles. The molecule has 0 saturated carbocycles. The van der Waals surface area contributed by atoms with Crippen LogP contribution in [0, 0.1) is 0 Å². The molecule has 124 valence electrons. The number of carbonyl (C=O) groups is 1. The van der Waals surface area contributed by atoms with E-state index in [1.165, 1.54) is 43.4 Å². The summed E-state index contributed by atoms with van der Waals surface area (Å²) < 4.78 is 0. The molecule has 1 unspecified atom stereocenters. The second-order valence-electron chi connectivity index (χ2n) is 6.10. The topological polar surface area (TPSA) is 64.0 Å². The van der Waals surface area contributed by atoms with Gasteiger partial charge in [0, 0.05) is 20.1 Å². The van der Waals surface area contributed by atoms with Crippen LogP contribution in [0.3, 0.4) is 0 Å². The van der Waals surface area contributed by atoms with Gasteiger partial charge in [-0.2, -0.15) is 0 Å². The fraction of sp³-hybridized carbons (Fsp3) is 0.938. The highest BCUT2D eigenvalue weighted by Gasteiger charge is 2.31. The van der Waals surface area contributed by atoms with Gasteiger partial charge < -0.3 is 15.1 Å². The lowest BCUT2D eigenvalue weighted by molar-refractivity contribution is -0.162. The van der Waals surface area contributed by atoms with Crippen LogP contribution in [0.15, 0.2) is 0 Å². The molecule has 0 spiro atoms. The summed E-state index contributed by atoms with van der Waals surface area (Å²) in [5, 5.41) is 18.0. The van der Waals surface area contributed by atoms with Crippen molar-refractivity contribution in [2.75, 3.05) is 20.1 Å². The maximum absolute atomic E-state index is 11.7. The first kappa shape index (κ1) is 18.4. The van der Waals surface area contributed by atoms with Crippen LogP contribution in [0.4, 0.5) is 0 Å². The van der Waals surface area contributed by atoms with Gasteiger partial charge in [-0.15, -0.1) is 0 Å². The van der Waals surface area contributed by atoms with Crippen LogP contribution in [0.1, 0.15) is 64.7 Å². The molecule has 0 aromatic rings. The fourth-order valence-electron chi connectivity index (χ4n) is 3.11. The molecule has 5 heteroatoms. The van der Waals surface area contributed by atoms with Crippen molar-refractivity contribution in [1.82, 2.24) is 9.80 Å². The highest BCUT2D eigenvalue weighted by molar-refractivity contribution is 5.79. The summed E-state index contributed by atoms with van der Waals surface area (Å²) in [7, 11) is 1.66. The van der Waals surface area contributed by atoms with Gasteiger partial charge in [-0.25, -0.2) is 0 Å². The minimum atomic E-state index is -1.89. The molecular weight excluding hydrogens is 268 g/mol. The van der Waals surface area contributed by atoms with E-state index in [0.29, 0.717) is 0 Å². The molecule has 21 heavy (non-hydrogen) atoms. The zero-order chi connectivity index (χ0) is 15.7. The van der Waals surface area contributed by atoms with E-state index in [1.807, 2.05) is 0 Å². The average molecular weight is 300 g/mol. The predicted octanol–water partition coefficient (Wildman–Crippen LogP) is 1.93. The minimum absolute atomic E-state index is 0.0272. The van der Waals surface area contributed by atoms with Crippen molar-refractivity contribution in [3.05, 3.63) is 0 Å². The van der Waals surface area contributed by atoms with E-state index >= 15 is 0 Å². The quantitative estimate of drug-likeness (QED) is 0.478. The predicted molar refractivity (Wildman–Crippen MR) is 83.6 cm³/mol. The maximum Gasteiger partial charge on any atom is 0.280 e. The monoisotopic (exact) mass is 300 g/mol. The van der Waals surface area contributed by atoms with Crippen molar-refractivity contribution in [2.45, 2.75) is 77.2 Å². The fourth-order valence-corrected chi connectivity index (χ4v) is 3.11. The van der Waals surface area contributed by atoms with Crippen LogP contribution in [0.2, 0.25) is 0 Å². The molecule has 2 N–H and O–H groups in total. The van der Waals surface area contributed by atoms with Crippen molar-refractivity contribution in [1.29, 1.82) is 0 Å². The molecule has 0 aliphatic carbocycles. The summed E-state index contributed by atoms with van der Waals surface area (Å²) in [5.41, 5.74) is 0. The largest absolute Gasteiger partial charge is 0.361 e. The first-order valence-corrected chi connectivity index (χ1v) is 8.44. The zero-order valence-corrected chi connectivity index (χ0v) is 13.6. The molecule has 1 saturated heterocycles. The van der Waals surface area contributed by atoms with Crippen molar-refractivity contribution in [3.63, 3.8) is 0 Å². The molecule has 1 aliphatic rings. The number of likely N-dealkylation sites (tertiary alicyclic amines) is 1. The summed E-state index contributed by atoms with van der Waals surface area (Å²) in [6, 6.07) is 0. The average Bonchev–Trinajstić information content (AvgIpc) is 2.93. The van der Waals surface area contributed by atoms with Crippen molar-refractivity contribution < 1.29 is 15.0 Å². The third kappa shape index (κ3) is 6.32. The Balaban J connectivity index is 2.23. The Hall–Kier alpha value is -0.650. The molecule has 1 atom stereocenters. The number of aliphatic hydroxyl groups is 2. The van der Waals surface area contributed by atoms with Gasteiger partial charge in [0.05, 0.1) is 6.17 Å². The van der Waals surface area contributed by atoms with Gasteiger partial charge in [0.1, 0.15) is 0 Å². The number of carbonyl (C=O) groups excluding carboxylic acids is 1. The first-order valence-electron chi connectivity index (χ1n) is 8.44. The van der Waals surface area contributed by atoms with E-state index in [0.717, 1.165) is 32.4 Å². The highest BCUT2D eigenvalue weighted by atomic mass is 16.5. The summed E-state index contributed by atoms with van der Waals surface area (Å²) >= 11 is 0. The van der Waals surface area contributed by atoms with E-state index < -0.39 is 12.2 Å². The van der Waals surface area contributed by atoms with E-state index in [9.17, 15) is 4.79 Å². The Morgan fingerprint density at radius 3 is 2.43 bits per heavy atom. The second kappa shape index (κ2) is 10.1. The maximum atomic E-state index is 11.7. The van der Waals surface area contributed by atoms with Crippen LogP contribution in [-0.4, -0.2) is 58.5 Å². The molecule has 1 aliphatic heterocycles. The molecule has 0 bridgehead atoms. The van der Waals surface area contributed by atoms with Crippen LogP contribution >= 0.6 is 0 Å². The number of unbranched alkanes of at least 4 members (excludes halogenated alkanes) is 6. The zero-order valence-electron chi connectivity index (χ0n) is 13.6. The molecule has 5 nitrogen and oxygen atoms in total. The Labute approximate surface area is 128 Å². The van der Waals surface area contributed by atoms with Gasteiger partial charge >= 0.3 is 0 Å². The van der Waals surface area contributed by atoms with Crippen LogP contribution in [0.25, 0.3) is 0 Å². The SMILES string of the molecule is CCCCCCCCCN1CCCC1N(C)C(=O)C(O)O. The van der Waals surface area contributed by atoms with E-state index in [2.05, 4.69) is 11.8 Å². The van der Waals surface area contributed by atoms with Gasteiger partial charge in [0.15, 0.2) is 0 Å². The third-order valence-electron chi connectivity index (χ3n) is 4.39. The van der Waals surface area contributed by atoms with E-state index in [1.54, 1.807) is 7.05 Å². The summed E-state index contributed by atoms with van der Waals surface area (Å²) in [4.78, 5) is 15.4. The smallest absolute Gasteiger partial charge is 0.280 e. The second-order valence-corrected chi connectivity index (χ2v) is 6.10. The molecular formula is C16H32N2O3. The number of aliphatic hydroxyl groups excluding tert-OH is 1. The van der Waals surface area contributed by atoms with E-state index in [-0.39, 0.29) is 6.17 Å². The normalized spacial score (nSPS) is 19.4. The van der Waals surface area contributed by atoms with Crippen molar-refractivity contribution >= 4 is 5.91 Å². The number of amides is 1. The van der Waals surface area contributed by atoms with Crippen LogP contribution in [0.5, 0.6) is 0 Å². The van der Waals surface area contributed by atoms with E-state index in [4.69, 9.17) is 10.2 Å². The highest BCUT2D eigenvalue weighted by Crippen LogP contribution is 2.21. The summed E-state index contributed by atoms with van der Waals surface area (Å²) in [6.45, 7) is 4.23. The van der Waals surface area contributed by atoms with Crippen LogP contribution < -0.4 is 0 Å². The lowest BCUT2D eigenvalue weighted by atomic mass is 10.1. The third-order valence-corrected chi connectivity index (χ3v) is 4.39. The first-order chi connectivity index (χ1) is 10.1. The molecule has 1 heterocycles. The molecule has 0 aromatic carbocycles. The Bertz CT molecular complexity index is 297. The molecule has 0 radical (unpaired) electrons. The van der Waals surface area contributed by atoms with Crippen molar-refractivity contribution in [2.24, 2.45) is 0 Å². The molecule has 1 amide bonds. The van der Waals surface area contributed by atoms with Gasteiger partial charge in [0.2, 0.25) is 6.29 Å². The molecule has 1 rings (SSSR count). The Morgan fingerprint density at radius 1 is 1.19 bits per heavy atom. The number of hydrogen-bond acceptors (Lipinski definition) is 4. The van der Waals surface area contributed by atoms with Gasteiger partial charge in [0.25, 0.3) is 5.91 Å². The van der Waals surface area contributed by atoms with Crippen LogP contribution in [-0.2, 0) is 4.79 Å². The molecule has 1 fully saturated rings. The number of nitrogens with zero attached hydrogens (tertiary/aromatic N) is 2. The standard InChI is InChI=1S/C16H32N2O3/c1-3-4-5-6-7-8-9-12-18-13-10-11-14(18)17(2)15(19)16(20)21/h14,16,20-21H,3-13H2,1-2H3. The summed E-state index contributed by atoms with van der Waals surface area (Å²) in [5.74, 6) is -0.605. The Kier molecular flexibility index (Phi) is 8.88. The lowest BCUT2D eigenvalue weighted by Crippen LogP contribution is -2.49. The lowest BCUT2D eigenvalue weighted by Gasteiger charge is -2.32. The minimum Gasteiger partial charge on any atom is -0.361 e. The number of hydrogen-bond donors (Lipinski definition) is 2. The van der Waals surface area contributed by atoms with Gasteiger partial charge in [-0.1, -0.05) is 45.4 Å². The van der Waals surface area contributed by atoms with Gasteiger partial charge in [-0.3, -0.25) is 9.69 Å².